The van der Waals surface area contributed by atoms with Gasteiger partial charge in [0.1, 0.15) is 11.5 Å². The molecule has 5 aromatic rings. The molecule has 5 rings (SSSR count). The average molecular weight is 455 g/mol. The highest BCUT2D eigenvalue weighted by molar-refractivity contribution is 9.10. The van der Waals surface area contributed by atoms with E-state index in [0.717, 1.165) is 49.3 Å². The standard InChI is InChI=1S/C25H19BrN4/c1-16-21(17-9-4-2-5-10-17)24(27)30-25(28-16)22(18-11-6-3-7-12-18)23(29-30)19-13-8-14-20(26)15-19/h2-15H,27H2,1H3. The SMILES string of the molecule is Cc1nc2c(-c3ccccc3)c(-c3cccc(Br)c3)nn2c(N)c1-c1ccccc1. The van der Waals surface area contributed by atoms with Gasteiger partial charge in [0.15, 0.2) is 5.65 Å². The first-order chi connectivity index (χ1) is 14.6. The zero-order chi connectivity index (χ0) is 20.7. The highest BCUT2D eigenvalue weighted by Crippen LogP contribution is 2.38. The van der Waals surface area contributed by atoms with Gasteiger partial charge in [0.25, 0.3) is 0 Å². The topological polar surface area (TPSA) is 56.2 Å². The molecule has 4 nitrogen and oxygen atoms in total. The number of rotatable bonds is 3. The number of hydrogen-bond donors (Lipinski definition) is 1. The van der Waals surface area contributed by atoms with Gasteiger partial charge < -0.3 is 5.73 Å². The van der Waals surface area contributed by atoms with Gasteiger partial charge in [-0.2, -0.15) is 9.61 Å². The van der Waals surface area contributed by atoms with E-state index in [-0.39, 0.29) is 0 Å². The molecule has 0 radical (unpaired) electrons. The molecule has 3 aromatic carbocycles. The van der Waals surface area contributed by atoms with Crippen molar-refractivity contribution in [3.63, 3.8) is 0 Å². The first-order valence-electron chi connectivity index (χ1n) is 9.69. The van der Waals surface area contributed by atoms with Crippen LogP contribution in [0.25, 0.3) is 39.2 Å². The summed E-state index contributed by atoms with van der Waals surface area (Å²) < 4.78 is 2.77. The fourth-order valence-corrected chi connectivity index (χ4v) is 4.26. The lowest BCUT2D eigenvalue weighted by atomic mass is 10.0. The normalized spacial score (nSPS) is 11.1. The molecule has 2 N–H and O–H groups in total. The Kier molecular flexibility index (Phi) is 4.60. The van der Waals surface area contributed by atoms with E-state index < -0.39 is 0 Å². The molecule has 0 saturated carbocycles. The van der Waals surface area contributed by atoms with Gasteiger partial charge in [0.05, 0.1) is 11.3 Å². The second-order valence-electron chi connectivity index (χ2n) is 7.16. The van der Waals surface area contributed by atoms with Crippen molar-refractivity contribution in [3.8, 4) is 33.5 Å². The molecule has 5 heteroatoms. The van der Waals surface area contributed by atoms with E-state index in [2.05, 4.69) is 40.2 Å². The number of nitrogens with two attached hydrogens (primary N) is 1. The van der Waals surface area contributed by atoms with Gasteiger partial charge in [-0.15, -0.1) is 0 Å². The number of aryl methyl sites for hydroxylation is 1. The number of nitrogens with zero attached hydrogens (tertiary/aromatic N) is 3. The van der Waals surface area contributed by atoms with Gasteiger partial charge in [0, 0.05) is 15.6 Å². The molecule has 0 amide bonds. The molecule has 0 fully saturated rings. The molecule has 2 aromatic heterocycles. The number of anilines is 1. The Morgan fingerprint density at radius 2 is 1.37 bits per heavy atom. The predicted molar refractivity (Wildman–Crippen MR) is 126 cm³/mol. The molecule has 0 atom stereocenters. The second-order valence-corrected chi connectivity index (χ2v) is 8.07. The van der Waals surface area contributed by atoms with E-state index in [1.54, 1.807) is 4.52 Å². The molecule has 0 aliphatic rings. The third kappa shape index (κ3) is 3.08. The summed E-state index contributed by atoms with van der Waals surface area (Å²) in [5.74, 6) is 0.585. The Bertz CT molecular complexity index is 1360. The van der Waals surface area contributed by atoms with E-state index >= 15 is 0 Å². The minimum absolute atomic E-state index is 0.585. The van der Waals surface area contributed by atoms with Crippen molar-refractivity contribution in [2.75, 3.05) is 5.73 Å². The summed E-state index contributed by atoms with van der Waals surface area (Å²) in [6.07, 6.45) is 0. The van der Waals surface area contributed by atoms with Crippen LogP contribution in [0.1, 0.15) is 5.69 Å². The molecular formula is C25H19BrN4. The van der Waals surface area contributed by atoms with Gasteiger partial charge in [0.2, 0.25) is 0 Å². The first-order valence-corrected chi connectivity index (χ1v) is 10.5. The maximum atomic E-state index is 6.67. The van der Waals surface area contributed by atoms with Crippen LogP contribution in [0.2, 0.25) is 0 Å². The summed E-state index contributed by atoms with van der Waals surface area (Å²) in [7, 11) is 0. The van der Waals surface area contributed by atoms with E-state index in [4.69, 9.17) is 15.8 Å². The molecule has 146 valence electrons. The highest BCUT2D eigenvalue weighted by Gasteiger charge is 2.22. The first kappa shape index (κ1) is 18.6. The van der Waals surface area contributed by atoms with Crippen LogP contribution in [0.4, 0.5) is 5.82 Å². The number of benzene rings is 3. The van der Waals surface area contributed by atoms with E-state index in [1.807, 2.05) is 67.6 Å². The molecule has 0 saturated heterocycles. The smallest absolute Gasteiger partial charge is 0.166 e. The maximum absolute atomic E-state index is 6.67. The quantitative estimate of drug-likeness (QED) is 0.343. The fraction of sp³-hybridized carbons (Fsp3) is 0.0400. The monoisotopic (exact) mass is 454 g/mol. The van der Waals surface area contributed by atoms with Crippen LogP contribution < -0.4 is 5.73 Å². The molecule has 30 heavy (non-hydrogen) atoms. The Morgan fingerprint density at radius 1 is 0.767 bits per heavy atom. The van der Waals surface area contributed by atoms with Crippen molar-refractivity contribution < 1.29 is 0 Å². The van der Waals surface area contributed by atoms with Gasteiger partial charge >= 0.3 is 0 Å². The fourth-order valence-electron chi connectivity index (χ4n) is 3.86. The number of nitrogen functional groups attached to an aromatic ring is 1. The van der Waals surface area contributed by atoms with Crippen LogP contribution in [0.5, 0.6) is 0 Å². The highest BCUT2D eigenvalue weighted by atomic mass is 79.9. The Labute approximate surface area is 183 Å². The van der Waals surface area contributed by atoms with Gasteiger partial charge in [-0.05, 0) is 30.2 Å². The number of hydrogen-bond acceptors (Lipinski definition) is 3. The summed E-state index contributed by atoms with van der Waals surface area (Å²) in [5, 5.41) is 4.94. The number of halogens is 1. The third-order valence-electron chi connectivity index (χ3n) is 5.20. The second kappa shape index (κ2) is 7.43. The lowest BCUT2D eigenvalue weighted by molar-refractivity contribution is 0.948. The molecule has 0 aliphatic carbocycles. The molecule has 0 bridgehead atoms. The molecular weight excluding hydrogens is 436 g/mol. The van der Waals surface area contributed by atoms with Crippen LogP contribution in [-0.2, 0) is 0 Å². The lowest BCUT2D eigenvalue weighted by Gasteiger charge is -2.11. The zero-order valence-corrected chi connectivity index (χ0v) is 18.0. The maximum Gasteiger partial charge on any atom is 0.166 e. The summed E-state index contributed by atoms with van der Waals surface area (Å²) in [6, 6.07) is 28.4. The van der Waals surface area contributed by atoms with Crippen LogP contribution in [0, 0.1) is 6.92 Å². The molecule has 0 spiro atoms. The van der Waals surface area contributed by atoms with Crippen molar-refractivity contribution in [2.45, 2.75) is 6.92 Å². The van der Waals surface area contributed by atoms with Crippen molar-refractivity contribution in [3.05, 3.63) is 95.1 Å². The number of fused-ring (bicyclic) bond motifs is 1. The third-order valence-corrected chi connectivity index (χ3v) is 5.70. The van der Waals surface area contributed by atoms with Crippen LogP contribution in [-0.4, -0.2) is 14.6 Å². The summed E-state index contributed by atoms with van der Waals surface area (Å²) in [6.45, 7) is 2.00. The average Bonchev–Trinajstić information content (AvgIpc) is 3.15. The van der Waals surface area contributed by atoms with E-state index in [9.17, 15) is 0 Å². The minimum atomic E-state index is 0.585. The summed E-state index contributed by atoms with van der Waals surface area (Å²) in [4.78, 5) is 4.97. The van der Waals surface area contributed by atoms with Crippen LogP contribution in [0.3, 0.4) is 0 Å². The van der Waals surface area contributed by atoms with Crippen LogP contribution >= 0.6 is 15.9 Å². The summed E-state index contributed by atoms with van der Waals surface area (Å²) in [5.41, 5.74) is 14.1. The molecule has 0 unspecified atom stereocenters. The zero-order valence-electron chi connectivity index (χ0n) is 16.4. The molecule has 2 heterocycles. The van der Waals surface area contributed by atoms with Crippen molar-refractivity contribution in [1.29, 1.82) is 0 Å². The van der Waals surface area contributed by atoms with Gasteiger partial charge in [-0.1, -0.05) is 88.7 Å². The Morgan fingerprint density at radius 3 is 2.00 bits per heavy atom. The van der Waals surface area contributed by atoms with Crippen LogP contribution in [0.15, 0.2) is 89.4 Å². The summed E-state index contributed by atoms with van der Waals surface area (Å²) >= 11 is 3.58. The van der Waals surface area contributed by atoms with E-state index in [0.29, 0.717) is 5.82 Å². The Hall–Kier alpha value is -3.44. The molecule has 0 aliphatic heterocycles. The number of aromatic nitrogens is 3. The largest absolute Gasteiger partial charge is 0.383 e. The van der Waals surface area contributed by atoms with Gasteiger partial charge in [-0.25, -0.2) is 4.98 Å². The predicted octanol–water partition coefficient (Wildman–Crippen LogP) is 6.38. The minimum Gasteiger partial charge on any atom is -0.383 e. The lowest BCUT2D eigenvalue weighted by Crippen LogP contribution is -2.05. The van der Waals surface area contributed by atoms with E-state index in [1.165, 1.54) is 0 Å². The van der Waals surface area contributed by atoms with Crippen molar-refractivity contribution >= 4 is 27.4 Å². The Balaban J connectivity index is 1.87. The van der Waals surface area contributed by atoms with Crippen molar-refractivity contribution in [2.24, 2.45) is 0 Å². The van der Waals surface area contributed by atoms with Gasteiger partial charge in [-0.3, -0.25) is 0 Å². The van der Waals surface area contributed by atoms with Crippen molar-refractivity contribution in [1.82, 2.24) is 14.6 Å².